The fourth-order valence-electron chi connectivity index (χ4n) is 1.35. The molecule has 0 fully saturated rings. The molecule has 0 heterocycles. The Kier molecular flexibility index (Phi) is 4.94. The topological polar surface area (TPSA) is 9.23 Å². The molecular weight excluding hydrogens is 361 g/mol. The van der Waals surface area contributed by atoms with E-state index in [9.17, 15) is 30.7 Å². The Morgan fingerprint density at radius 1 is 1.20 bits per heavy atom. The first kappa shape index (κ1) is 17.1. The highest BCUT2D eigenvalue weighted by Gasteiger charge is 2.57. The molecule has 0 aromatic heterocycles. The zero-order valence-electron chi connectivity index (χ0n) is 9.87. The molecular formula is C11H8BrF7O. The lowest BCUT2D eigenvalue weighted by Crippen LogP contribution is -2.45. The van der Waals surface area contributed by atoms with Crippen LogP contribution < -0.4 is 4.74 Å². The van der Waals surface area contributed by atoms with Crippen molar-refractivity contribution in [1.82, 2.24) is 0 Å². The summed E-state index contributed by atoms with van der Waals surface area (Å²) in [5, 5.41) is 0. The van der Waals surface area contributed by atoms with Crippen molar-refractivity contribution in [3.8, 4) is 5.75 Å². The predicted octanol–water partition coefficient (Wildman–Crippen LogP) is 4.81. The largest absolute Gasteiger partial charge is 0.484 e. The van der Waals surface area contributed by atoms with Crippen LogP contribution in [0.2, 0.25) is 0 Å². The molecule has 1 unspecified atom stereocenters. The highest BCUT2D eigenvalue weighted by molar-refractivity contribution is 9.10. The first-order valence-electron chi connectivity index (χ1n) is 5.12. The molecule has 0 radical (unpaired) electrons. The van der Waals surface area contributed by atoms with E-state index in [0.717, 1.165) is 6.07 Å². The van der Waals surface area contributed by atoms with Crippen molar-refractivity contribution in [2.75, 3.05) is 6.61 Å². The monoisotopic (exact) mass is 368 g/mol. The summed E-state index contributed by atoms with van der Waals surface area (Å²) in [6.45, 7) is -0.620. The fraction of sp³-hybridized carbons (Fsp3) is 0.455. The minimum Gasteiger partial charge on any atom is -0.484 e. The standard InChI is InChI=1S/C11H8BrF7O/c1-5-2-6(12)3-7(13)8(5)20-4-10(15,16)9(14)11(17,18)19/h2-3,9H,4H2,1H3. The van der Waals surface area contributed by atoms with E-state index in [-0.39, 0.29) is 5.56 Å². The minimum atomic E-state index is -5.72. The van der Waals surface area contributed by atoms with E-state index in [1.165, 1.54) is 13.0 Å². The smallest absolute Gasteiger partial charge is 0.425 e. The molecule has 0 amide bonds. The zero-order chi connectivity index (χ0) is 15.7. The van der Waals surface area contributed by atoms with Gasteiger partial charge < -0.3 is 4.74 Å². The molecule has 0 aliphatic rings. The van der Waals surface area contributed by atoms with Crippen molar-refractivity contribution in [3.05, 3.63) is 28.0 Å². The van der Waals surface area contributed by atoms with Gasteiger partial charge in [0.15, 0.2) is 18.2 Å². The third-order valence-corrected chi connectivity index (χ3v) is 2.72. The lowest BCUT2D eigenvalue weighted by Gasteiger charge is -2.23. The van der Waals surface area contributed by atoms with Crippen LogP contribution in [0.4, 0.5) is 30.7 Å². The molecule has 1 nitrogen and oxygen atoms in total. The molecule has 1 aromatic rings. The Hall–Kier alpha value is -0.990. The molecule has 1 atom stereocenters. The van der Waals surface area contributed by atoms with Gasteiger partial charge in [-0.2, -0.15) is 22.0 Å². The van der Waals surface area contributed by atoms with Crippen molar-refractivity contribution < 1.29 is 35.5 Å². The second-order valence-electron chi connectivity index (χ2n) is 3.99. The first-order chi connectivity index (χ1) is 8.95. The molecule has 0 saturated carbocycles. The Morgan fingerprint density at radius 2 is 1.75 bits per heavy atom. The molecule has 0 aliphatic heterocycles. The summed E-state index contributed by atoms with van der Waals surface area (Å²) in [5.74, 6) is -6.51. The van der Waals surface area contributed by atoms with Crippen LogP contribution in [0.5, 0.6) is 5.75 Å². The molecule has 1 aromatic carbocycles. The molecule has 0 N–H and O–H groups in total. The van der Waals surface area contributed by atoms with Crippen LogP contribution in [0.1, 0.15) is 5.56 Å². The number of hydrogen-bond acceptors (Lipinski definition) is 1. The van der Waals surface area contributed by atoms with Crippen LogP contribution in [-0.4, -0.2) is 24.9 Å². The van der Waals surface area contributed by atoms with Gasteiger partial charge in [0.1, 0.15) is 0 Å². The molecule has 0 spiro atoms. The van der Waals surface area contributed by atoms with Gasteiger partial charge >= 0.3 is 12.1 Å². The second kappa shape index (κ2) is 5.79. The van der Waals surface area contributed by atoms with Gasteiger partial charge in [0.05, 0.1) is 0 Å². The number of hydrogen-bond donors (Lipinski definition) is 0. The van der Waals surface area contributed by atoms with Crippen LogP contribution in [0, 0.1) is 12.7 Å². The van der Waals surface area contributed by atoms with E-state index in [0.29, 0.717) is 4.47 Å². The quantitative estimate of drug-likeness (QED) is 0.693. The Balaban J connectivity index is 2.87. The summed E-state index contributed by atoms with van der Waals surface area (Å²) in [6.07, 6.45) is -10.1. The molecule has 9 heteroatoms. The predicted molar refractivity (Wildman–Crippen MR) is 60.2 cm³/mol. The number of rotatable bonds is 4. The molecule has 1 rings (SSSR count). The SMILES string of the molecule is Cc1cc(Br)cc(F)c1OCC(F)(F)C(F)C(F)(F)F. The van der Waals surface area contributed by atoms with Gasteiger partial charge in [-0.25, -0.2) is 8.78 Å². The highest BCUT2D eigenvalue weighted by Crippen LogP contribution is 2.36. The van der Waals surface area contributed by atoms with E-state index < -0.39 is 36.4 Å². The maximum Gasteiger partial charge on any atom is 0.425 e. The number of benzene rings is 1. The van der Waals surface area contributed by atoms with Gasteiger partial charge in [0.2, 0.25) is 0 Å². The van der Waals surface area contributed by atoms with Gasteiger partial charge in [-0.15, -0.1) is 0 Å². The van der Waals surface area contributed by atoms with E-state index in [1.54, 1.807) is 0 Å². The van der Waals surface area contributed by atoms with Gasteiger partial charge in [0, 0.05) is 4.47 Å². The van der Waals surface area contributed by atoms with Gasteiger partial charge in [0.25, 0.3) is 6.17 Å². The average Bonchev–Trinajstić information content (AvgIpc) is 2.25. The summed E-state index contributed by atoms with van der Waals surface area (Å²) >= 11 is 2.93. The van der Waals surface area contributed by atoms with E-state index in [2.05, 4.69) is 20.7 Å². The second-order valence-corrected chi connectivity index (χ2v) is 4.90. The first-order valence-corrected chi connectivity index (χ1v) is 5.91. The number of ether oxygens (including phenoxy) is 1. The van der Waals surface area contributed by atoms with Crippen LogP contribution in [0.25, 0.3) is 0 Å². The molecule has 0 bridgehead atoms. The minimum absolute atomic E-state index is 0.0788. The fourth-order valence-corrected chi connectivity index (χ4v) is 1.90. The summed E-state index contributed by atoms with van der Waals surface area (Å²) in [6, 6.07) is 2.20. The average molecular weight is 369 g/mol. The number of alkyl halides is 6. The molecule has 20 heavy (non-hydrogen) atoms. The van der Waals surface area contributed by atoms with Crippen LogP contribution >= 0.6 is 15.9 Å². The molecule has 0 aliphatic carbocycles. The van der Waals surface area contributed by atoms with Crippen molar-refractivity contribution in [2.45, 2.75) is 25.2 Å². The highest BCUT2D eigenvalue weighted by atomic mass is 79.9. The van der Waals surface area contributed by atoms with Crippen molar-refractivity contribution in [1.29, 1.82) is 0 Å². The number of halogens is 8. The van der Waals surface area contributed by atoms with Gasteiger partial charge in [-0.1, -0.05) is 15.9 Å². The Labute approximate surface area is 117 Å². The van der Waals surface area contributed by atoms with Crippen LogP contribution in [-0.2, 0) is 0 Å². The summed E-state index contributed by atoms with van der Waals surface area (Å²) in [4.78, 5) is 0. The summed E-state index contributed by atoms with van der Waals surface area (Å²) in [5.41, 5.74) is 0.0788. The van der Waals surface area contributed by atoms with E-state index in [1.807, 2.05) is 0 Å². The molecule has 114 valence electrons. The summed E-state index contributed by atoms with van der Waals surface area (Å²) in [7, 11) is 0. The van der Waals surface area contributed by atoms with E-state index in [4.69, 9.17) is 0 Å². The summed E-state index contributed by atoms with van der Waals surface area (Å²) < 4.78 is 92.3. The zero-order valence-corrected chi connectivity index (χ0v) is 11.5. The number of aryl methyl sites for hydroxylation is 1. The lowest BCUT2D eigenvalue weighted by molar-refractivity contribution is -0.250. The van der Waals surface area contributed by atoms with Gasteiger partial charge in [-0.05, 0) is 24.6 Å². The van der Waals surface area contributed by atoms with Crippen molar-refractivity contribution >= 4 is 15.9 Å². The normalized spacial score (nSPS) is 14.2. The van der Waals surface area contributed by atoms with Crippen molar-refractivity contribution in [3.63, 3.8) is 0 Å². The third kappa shape index (κ3) is 4.00. The third-order valence-electron chi connectivity index (χ3n) is 2.26. The van der Waals surface area contributed by atoms with Crippen LogP contribution in [0.15, 0.2) is 16.6 Å². The van der Waals surface area contributed by atoms with Crippen molar-refractivity contribution in [2.24, 2.45) is 0 Å². The Morgan fingerprint density at radius 3 is 2.20 bits per heavy atom. The molecule has 0 saturated heterocycles. The van der Waals surface area contributed by atoms with Crippen LogP contribution in [0.3, 0.4) is 0 Å². The Bertz CT molecular complexity index is 463. The maximum absolute atomic E-state index is 13.4. The lowest BCUT2D eigenvalue weighted by atomic mass is 10.2. The van der Waals surface area contributed by atoms with E-state index >= 15 is 0 Å². The maximum atomic E-state index is 13.4. The van der Waals surface area contributed by atoms with Gasteiger partial charge in [-0.3, -0.25) is 0 Å².